The highest BCUT2D eigenvalue weighted by atomic mass is 32.1. The molecule has 0 atom stereocenters. The molecule has 4 rings (SSSR count). The van der Waals surface area contributed by atoms with Crippen LogP contribution in [0.3, 0.4) is 0 Å². The van der Waals surface area contributed by atoms with Gasteiger partial charge in [0.15, 0.2) is 0 Å². The molecule has 0 aliphatic carbocycles. The normalized spacial score (nSPS) is 15.7. The largest absolute Gasteiger partial charge is 0.416 e. The number of nitrogens with zero attached hydrogens (tertiary/aromatic N) is 2. The van der Waals surface area contributed by atoms with Crippen LogP contribution in [-0.2, 0) is 16.5 Å². The molecule has 0 radical (unpaired) electrons. The number of alkyl halides is 3. The molecule has 3 aromatic rings. The van der Waals surface area contributed by atoms with E-state index < -0.39 is 17.3 Å². The van der Waals surface area contributed by atoms with Crippen LogP contribution >= 0.6 is 11.3 Å². The molecule has 0 spiro atoms. The van der Waals surface area contributed by atoms with Gasteiger partial charge in [-0.05, 0) is 50.1 Å². The molecule has 0 fully saturated rings. The van der Waals surface area contributed by atoms with E-state index >= 15 is 0 Å². The average molecular weight is 416 g/mol. The molecule has 2 aromatic carbocycles. The van der Waals surface area contributed by atoms with Crippen LogP contribution in [0, 0.1) is 0 Å². The molecule has 3 nitrogen and oxygen atoms in total. The number of benzene rings is 2. The number of carbonyl (C=O) groups is 1. The second-order valence-corrected chi connectivity index (χ2v) is 8.70. The van der Waals surface area contributed by atoms with Crippen molar-refractivity contribution in [3.8, 4) is 0 Å². The monoisotopic (exact) mass is 416 g/mol. The van der Waals surface area contributed by atoms with Gasteiger partial charge in [-0.3, -0.25) is 4.79 Å². The van der Waals surface area contributed by atoms with Gasteiger partial charge in [-0.25, -0.2) is 4.98 Å². The van der Waals surface area contributed by atoms with Crippen molar-refractivity contribution >= 4 is 33.0 Å². The Hall–Kier alpha value is -2.67. The Balaban J connectivity index is 1.70. The number of hydrogen-bond acceptors (Lipinski definition) is 3. The average Bonchev–Trinajstić information content (AvgIpc) is 3.22. The van der Waals surface area contributed by atoms with Crippen molar-refractivity contribution in [3.63, 3.8) is 0 Å². The van der Waals surface area contributed by atoms with Gasteiger partial charge in [-0.2, -0.15) is 13.2 Å². The summed E-state index contributed by atoms with van der Waals surface area (Å²) >= 11 is 1.32. The van der Waals surface area contributed by atoms with E-state index in [-0.39, 0.29) is 5.91 Å². The topological polar surface area (TPSA) is 33.2 Å². The van der Waals surface area contributed by atoms with Gasteiger partial charge in [0.05, 0.1) is 21.3 Å². The number of thiazole rings is 1. The van der Waals surface area contributed by atoms with E-state index in [4.69, 9.17) is 0 Å². The molecule has 1 aliphatic rings. The quantitative estimate of drug-likeness (QED) is 0.535. The highest BCUT2D eigenvalue weighted by molar-refractivity contribution is 7.18. The fourth-order valence-corrected chi connectivity index (χ4v) is 4.67. The summed E-state index contributed by atoms with van der Waals surface area (Å²) in [5, 5.41) is 0.613. The van der Waals surface area contributed by atoms with Crippen LogP contribution in [0.2, 0.25) is 0 Å². The summed E-state index contributed by atoms with van der Waals surface area (Å²) in [4.78, 5) is 19.4. The van der Waals surface area contributed by atoms with Gasteiger partial charge >= 0.3 is 6.18 Å². The first-order valence-corrected chi connectivity index (χ1v) is 9.96. The van der Waals surface area contributed by atoms with E-state index in [1.54, 1.807) is 4.90 Å². The summed E-state index contributed by atoms with van der Waals surface area (Å²) in [5.74, 6) is -0.0889. The minimum Gasteiger partial charge on any atom is -0.323 e. The van der Waals surface area contributed by atoms with Crippen molar-refractivity contribution in [1.29, 1.82) is 0 Å². The summed E-state index contributed by atoms with van der Waals surface area (Å²) in [6.07, 6.45) is -4.41. The third-order valence-corrected chi connectivity index (χ3v) is 6.61. The maximum absolute atomic E-state index is 13.2. The number of rotatable bonds is 3. The zero-order chi connectivity index (χ0) is 21.0. The Labute approximate surface area is 170 Å². The first-order valence-electron chi connectivity index (χ1n) is 9.14. The van der Waals surface area contributed by atoms with Crippen LogP contribution in [0.1, 0.15) is 36.9 Å². The highest BCUT2D eigenvalue weighted by Crippen LogP contribution is 2.41. The fraction of sp³-hybridized carbons (Fsp3) is 0.273. The molecule has 1 aliphatic heterocycles. The maximum Gasteiger partial charge on any atom is 0.416 e. The lowest BCUT2D eigenvalue weighted by molar-refractivity contribution is -0.137. The molecule has 0 saturated heterocycles. The summed E-state index contributed by atoms with van der Waals surface area (Å²) < 4.78 is 39.7. The van der Waals surface area contributed by atoms with Crippen LogP contribution in [0.15, 0.2) is 54.1 Å². The third-order valence-electron chi connectivity index (χ3n) is 5.26. The fourth-order valence-electron chi connectivity index (χ4n) is 3.61. The van der Waals surface area contributed by atoms with Gasteiger partial charge < -0.3 is 4.90 Å². The Bertz CT molecular complexity index is 1130. The van der Waals surface area contributed by atoms with E-state index in [2.05, 4.69) is 4.98 Å². The smallest absolute Gasteiger partial charge is 0.323 e. The van der Waals surface area contributed by atoms with Crippen LogP contribution in [0.25, 0.3) is 15.8 Å². The zero-order valence-electron chi connectivity index (χ0n) is 16.2. The molecule has 150 valence electrons. The second kappa shape index (κ2) is 6.69. The van der Waals surface area contributed by atoms with Crippen molar-refractivity contribution in [2.24, 2.45) is 0 Å². The molecule has 29 heavy (non-hydrogen) atoms. The minimum absolute atomic E-state index is 0.0889. The SMILES string of the molecule is CC1=C(c2ccccc2)C(=O)N(C(C)(C)c2nc3cc(C(F)(F)F)ccc3s2)C1. The molecule has 0 saturated carbocycles. The van der Waals surface area contributed by atoms with E-state index in [9.17, 15) is 18.0 Å². The first kappa shape index (κ1) is 19.6. The molecule has 0 unspecified atom stereocenters. The van der Waals surface area contributed by atoms with Gasteiger partial charge in [-0.15, -0.1) is 11.3 Å². The van der Waals surface area contributed by atoms with E-state index in [0.717, 1.165) is 23.3 Å². The van der Waals surface area contributed by atoms with Crippen LogP contribution in [0.4, 0.5) is 13.2 Å². The number of hydrogen-bond donors (Lipinski definition) is 0. The van der Waals surface area contributed by atoms with Crippen molar-refractivity contribution < 1.29 is 18.0 Å². The Morgan fingerprint density at radius 1 is 1.07 bits per heavy atom. The molecule has 1 aromatic heterocycles. The van der Waals surface area contributed by atoms with Crippen molar-refractivity contribution in [2.75, 3.05) is 6.54 Å². The van der Waals surface area contributed by atoms with E-state index in [0.29, 0.717) is 27.3 Å². The van der Waals surface area contributed by atoms with Crippen molar-refractivity contribution in [2.45, 2.75) is 32.5 Å². The van der Waals surface area contributed by atoms with E-state index in [1.807, 2.05) is 51.1 Å². The first-order chi connectivity index (χ1) is 13.6. The van der Waals surface area contributed by atoms with Gasteiger partial charge in [0, 0.05) is 12.1 Å². The predicted molar refractivity (Wildman–Crippen MR) is 108 cm³/mol. The lowest BCUT2D eigenvalue weighted by Crippen LogP contribution is -2.43. The van der Waals surface area contributed by atoms with Gasteiger partial charge in [0.25, 0.3) is 5.91 Å². The molecule has 7 heteroatoms. The highest BCUT2D eigenvalue weighted by Gasteiger charge is 2.41. The van der Waals surface area contributed by atoms with E-state index in [1.165, 1.54) is 17.4 Å². The third kappa shape index (κ3) is 3.33. The molecule has 2 heterocycles. The number of carbonyl (C=O) groups excluding carboxylic acids is 1. The molecule has 0 bridgehead atoms. The number of amides is 1. The van der Waals surface area contributed by atoms with Gasteiger partial charge in [0.2, 0.25) is 0 Å². The van der Waals surface area contributed by atoms with Crippen LogP contribution in [0.5, 0.6) is 0 Å². The predicted octanol–water partition coefficient (Wildman–Crippen LogP) is 5.87. The summed E-state index contributed by atoms with van der Waals surface area (Å²) in [6, 6.07) is 13.1. The zero-order valence-corrected chi connectivity index (χ0v) is 17.0. The maximum atomic E-state index is 13.2. The molecular weight excluding hydrogens is 397 g/mol. The molecular formula is C22H19F3N2OS. The summed E-state index contributed by atoms with van der Waals surface area (Å²) in [6.45, 7) is 6.16. The van der Waals surface area contributed by atoms with Crippen molar-refractivity contribution in [1.82, 2.24) is 9.88 Å². The standard InChI is InChI=1S/C22H19F3N2OS/c1-13-12-27(19(28)18(13)14-7-5-4-6-8-14)21(2,3)20-26-16-11-15(22(23,24)25)9-10-17(16)29-20/h4-11H,12H2,1-3H3. The second-order valence-electron chi connectivity index (χ2n) is 7.67. The summed E-state index contributed by atoms with van der Waals surface area (Å²) in [5.41, 5.74) is 1.34. The van der Waals surface area contributed by atoms with Gasteiger partial charge in [-0.1, -0.05) is 30.3 Å². The number of halogens is 3. The minimum atomic E-state index is -4.41. The Morgan fingerprint density at radius 3 is 2.41 bits per heavy atom. The molecule has 0 N–H and O–H groups in total. The molecule has 1 amide bonds. The number of aromatic nitrogens is 1. The van der Waals surface area contributed by atoms with Crippen molar-refractivity contribution in [3.05, 3.63) is 70.2 Å². The van der Waals surface area contributed by atoms with Crippen LogP contribution < -0.4 is 0 Å². The van der Waals surface area contributed by atoms with Crippen LogP contribution in [-0.4, -0.2) is 22.3 Å². The van der Waals surface area contributed by atoms with Gasteiger partial charge in [0.1, 0.15) is 5.01 Å². The Kier molecular flexibility index (Phi) is 4.53. The summed E-state index contributed by atoms with van der Waals surface area (Å²) in [7, 11) is 0. The lowest BCUT2D eigenvalue weighted by Gasteiger charge is -2.34. The lowest BCUT2D eigenvalue weighted by atomic mass is 10.0. The Morgan fingerprint density at radius 2 is 1.76 bits per heavy atom. The number of fused-ring (bicyclic) bond motifs is 1.